The maximum atomic E-state index is 11.2. The smallest absolute Gasteiger partial charge is 0.306 e. The van der Waals surface area contributed by atoms with Gasteiger partial charge >= 0.3 is 5.97 Å². The van der Waals surface area contributed by atoms with Gasteiger partial charge in [0.05, 0.1) is 10.9 Å². The Bertz CT molecular complexity index is 439. The second-order valence-corrected chi connectivity index (χ2v) is 5.49. The Morgan fingerprint density at radius 3 is 3.00 bits per heavy atom. The minimum atomic E-state index is -0.659. The summed E-state index contributed by atoms with van der Waals surface area (Å²) in [5, 5.41) is 13.2. The van der Waals surface area contributed by atoms with Gasteiger partial charge in [-0.15, -0.1) is 0 Å². The summed E-state index contributed by atoms with van der Waals surface area (Å²) < 4.78 is 0. The van der Waals surface area contributed by atoms with Crippen LogP contribution in [0.25, 0.3) is 0 Å². The molecule has 0 saturated heterocycles. The Balaban J connectivity index is 1.84. The van der Waals surface area contributed by atoms with Crippen LogP contribution in [-0.4, -0.2) is 22.6 Å². The third kappa shape index (κ3) is 3.91. The van der Waals surface area contributed by atoms with Crippen LogP contribution in [-0.2, 0) is 11.3 Å². The molecular weight excluding hydrogens is 264 g/mol. The van der Waals surface area contributed by atoms with E-state index in [1.165, 1.54) is 0 Å². The fourth-order valence-electron chi connectivity index (χ4n) is 2.72. The van der Waals surface area contributed by atoms with Gasteiger partial charge in [-0.3, -0.25) is 9.78 Å². The molecule has 0 spiro atoms. The highest BCUT2D eigenvalue weighted by Gasteiger charge is 2.30. The lowest BCUT2D eigenvalue weighted by atomic mass is 9.79. The number of aromatic nitrogens is 1. The summed E-state index contributed by atoms with van der Waals surface area (Å²) in [5.41, 5.74) is 0.999. The van der Waals surface area contributed by atoms with Crippen molar-refractivity contribution in [2.45, 2.75) is 32.2 Å². The first-order valence-corrected chi connectivity index (χ1v) is 7.08. The normalized spacial score (nSPS) is 23.2. The first-order valence-electron chi connectivity index (χ1n) is 6.70. The van der Waals surface area contributed by atoms with Gasteiger partial charge in [-0.25, -0.2) is 0 Å². The zero-order chi connectivity index (χ0) is 13.7. The first kappa shape index (κ1) is 14.3. The number of hydrogen-bond donors (Lipinski definition) is 2. The number of halogens is 1. The van der Waals surface area contributed by atoms with Gasteiger partial charge in [0.2, 0.25) is 0 Å². The second kappa shape index (κ2) is 6.87. The molecule has 1 heterocycles. The summed E-state index contributed by atoms with van der Waals surface area (Å²) >= 11 is 6.03. The molecule has 0 aliphatic heterocycles. The number of hydrogen-bond acceptors (Lipinski definition) is 3. The van der Waals surface area contributed by atoms with Crippen LogP contribution in [0.3, 0.4) is 0 Å². The summed E-state index contributed by atoms with van der Waals surface area (Å²) in [4.78, 5) is 15.1. The molecule has 1 aromatic heterocycles. The molecule has 2 unspecified atom stereocenters. The van der Waals surface area contributed by atoms with Crippen molar-refractivity contribution in [3.8, 4) is 0 Å². The van der Waals surface area contributed by atoms with Crippen molar-refractivity contribution in [1.82, 2.24) is 10.3 Å². The highest BCUT2D eigenvalue weighted by Crippen LogP contribution is 2.29. The van der Waals surface area contributed by atoms with Gasteiger partial charge in [0, 0.05) is 18.9 Å². The van der Waals surface area contributed by atoms with Gasteiger partial charge in [-0.05, 0) is 36.9 Å². The first-order chi connectivity index (χ1) is 9.18. The number of carboxylic acids is 1. The van der Waals surface area contributed by atoms with Crippen LogP contribution in [0.5, 0.6) is 0 Å². The van der Waals surface area contributed by atoms with Crippen LogP contribution in [0.2, 0.25) is 5.02 Å². The number of pyridine rings is 1. The molecule has 5 heteroatoms. The Kier molecular flexibility index (Phi) is 5.16. The summed E-state index contributed by atoms with van der Waals surface area (Å²) in [6.45, 7) is 1.39. The fourth-order valence-corrected chi connectivity index (χ4v) is 2.90. The number of nitrogens with zero attached hydrogens (tertiary/aromatic N) is 1. The molecular formula is C14H19ClN2O2. The monoisotopic (exact) mass is 282 g/mol. The minimum Gasteiger partial charge on any atom is -0.481 e. The zero-order valence-electron chi connectivity index (χ0n) is 10.8. The van der Waals surface area contributed by atoms with Crippen molar-refractivity contribution in [1.29, 1.82) is 0 Å². The van der Waals surface area contributed by atoms with Crippen LogP contribution in [0.1, 0.15) is 31.2 Å². The molecule has 0 radical (unpaired) electrons. The van der Waals surface area contributed by atoms with Gasteiger partial charge in [0.15, 0.2) is 0 Å². The third-order valence-electron chi connectivity index (χ3n) is 3.80. The molecule has 0 amide bonds. The van der Waals surface area contributed by atoms with Crippen LogP contribution in [0.4, 0.5) is 0 Å². The van der Waals surface area contributed by atoms with Gasteiger partial charge in [0.25, 0.3) is 0 Å². The Morgan fingerprint density at radius 1 is 1.47 bits per heavy atom. The Hall–Kier alpha value is -1.13. The minimum absolute atomic E-state index is 0.200. The predicted molar refractivity (Wildman–Crippen MR) is 74.0 cm³/mol. The molecule has 0 aromatic carbocycles. The van der Waals surface area contributed by atoms with Crippen LogP contribution >= 0.6 is 11.6 Å². The van der Waals surface area contributed by atoms with E-state index in [9.17, 15) is 9.90 Å². The molecule has 1 fully saturated rings. The lowest BCUT2D eigenvalue weighted by molar-refractivity contribution is -0.144. The Labute approximate surface area is 118 Å². The molecule has 1 aliphatic carbocycles. The maximum absolute atomic E-state index is 11.2. The number of rotatable bonds is 5. The van der Waals surface area contributed by atoms with Crippen LogP contribution < -0.4 is 5.32 Å². The van der Waals surface area contributed by atoms with Gasteiger partial charge in [-0.1, -0.05) is 24.4 Å². The summed E-state index contributed by atoms with van der Waals surface area (Å²) in [7, 11) is 0. The average molecular weight is 283 g/mol. The van der Waals surface area contributed by atoms with E-state index in [0.29, 0.717) is 11.6 Å². The van der Waals surface area contributed by atoms with Gasteiger partial charge in [-0.2, -0.15) is 0 Å². The van der Waals surface area contributed by atoms with Crippen molar-refractivity contribution in [3.63, 3.8) is 0 Å². The van der Waals surface area contributed by atoms with Gasteiger partial charge < -0.3 is 10.4 Å². The van der Waals surface area contributed by atoms with E-state index in [1.54, 1.807) is 12.4 Å². The number of nitrogens with one attached hydrogen (secondary N) is 1. The topological polar surface area (TPSA) is 62.2 Å². The molecule has 4 nitrogen and oxygen atoms in total. The van der Waals surface area contributed by atoms with Crippen LogP contribution in [0, 0.1) is 11.8 Å². The molecule has 0 bridgehead atoms. The Morgan fingerprint density at radius 2 is 2.26 bits per heavy atom. The molecule has 2 atom stereocenters. The van der Waals surface area contributed by atoms with E-state index in [4.69, 9.17) is 11.6 Å². The largest absolute Gasteiger partial charge is 0.481 e. The zero-order valence-corrected chi connectivity index (χ0v) is 11.6. The lowest BCUT2D eigenvalue weighted by Crippen LogP contribution is -2.34. The standard InChI is InChI=1S/C14H19ClN2O2/c15-13-9-16-6-5-11(13)8-17-7-10-3-1-2-4-12(10)14(18)19/h5-6,9-10,12,17H,1-4,7-8H2,(H,18,19). The van der Waals surface area contributed by atoms with Gasteiger partial charge in [0.1, 0.15) is 0 Å². The van der Waals surface area contributed by atoms with Crippen molar-refractivity contribution < 1.29 is 9.90 Å². The molecule has 2 rings (SSSR count). The summed E-state index contributed by atoms with van der Waals surface area (Å²) in [6.07, 6.45) is 7.30. The number of carbonyl (C=O) groups is 1. The van der Waals surface area contributed by atoms with E-state index in [0.717, 1.165) is 37.8 Å². The highest BCUT2D eigenvalue weighted by atomic mass is 35.5. The molecule has 1 aromatic rings. The van der Waals surface area contributed by atoms with Crippen molar-refractivity contribution in [2.75, 3.05) is 6.54 Å². The van der Waals surface area contributed by atoms with Crippen molar-refractivity contribution in [3.05, 3.63) is 29.0 Å². The van der Waals surface area contributed by atoms with E-state index >= 15 is 0 Å². The van der Waals surface area contributed by atoms with Crippen LogP contribution in [0.15, 0.2) is 18.5 Å². The molecule has 1 saturated carbocycles. The third-order valence-corrected chi connectivity index (χ3v) is 4.15. The van der Waals surface area contributed by atoms with E-state index < -0.39 is 5.97 Å². The summed E-state index contributed by atoms with van der Waals surface area (Å²) in [5.74, 6) is -0.630. The number of carboxylic acid groups (broad SMARTS) is 1. The maximum Gasteiger partial charge on any atom is 0.306 e. The molecule has 19 heavy (non-hydrogen) atoms. The van der Waals surface area contributed by atoms with Crippen molar-refractivity contribution >= 4 is 17.6 Å². The van der Waals surface area contributed by atoms with E-state index in [2.05, 4.69) is 10.3 Å². The molecule has 2 N–H and O–H groups in total. The fraction of sp³-hybridized carbons (Fsp3) is 0.571. The average Bonchev–Trinajstić information content (AvgIpc) is 2.41. The highest BCUT2D eigenvalue weighted by molar-refractivity contribution is 6.31. The summed E-state index contributed by atoms with van der Waals surface area (Å²) in [6, 6.07) is 1.88. The molecule has 1 aliphatic rings. The SMILES string of the molecule is O=C(O)C1CCCCC1CNCc1ccncc1Cl. The molecule has 104 valence electrons. The van der Waals surface area contributed by atoms with E-state index in [1.807, 2.05) is 6.07 Å². The number of aliphatic carboxylic acids is 1. The van der Waals surface area contributed by atoms with E-state index in [-0.39, 0.29) is 11.8 Å². The lowest BCUT2D eigenvalue weighted by Gasteiger charge is -2.28. The quantitative estimate of drug-likeness (QED) is 0.872. The predicted octanol–water partition coefficient (Wildman–Crippen LogP) is 2.72. The van der Waals surface area contributed by atoms with Crippen molar-refractivity contribution in [2.24, 2.45) is 11.8 Å². The second-order valence-electron chi connectivity index (χ2n) is 5.09.